The molecule has 2 N–H and O–H groups in total. The Labute approximate surface area is 129 Å². The molecule has 1 rings (SSSR count). The predicted octanol–water partition coefficient (Wildman–Crippen LogP) is 1.33. The first-order valence-corrected chi connectivity index (χ1v) is 7.46. The minimum absolute atomic E-state index is 0.00526. The summed E-state index contributed by atoms with van der Waals surface area (Å²) in [5.41, 5.74) is 0. The molecule has 1 saturated heterocycles. The smallest absolute Gasteiger partial charge is 0.326 e. The summed E-state index contributed by atoms with van der Waals surface area (Å²) in [5, 5.41) is 12.2. The number of carboxylic acids is 1. The Balaban J connectivity index is 2.96. The second kappa shape index (κ2) is 7.49. The van der Waals surface area contributed by atoms with Crippen molar-refractivity contribution in [3.63, 3.8) is 0 Å². The number of nitrogens with zero attached hydrogens (tertiary/aromatic N) is 1. The molecular formula is C14H22N2O4S. The van der Waals surface area contributed by atoms with Crippen molar-refractivity contribution in [3.05, 3.63) is 0 Å². The van der Waals surface area contributed by atoms with Crippen LogP contribution >= 0.6 is 12.2 Å². The van der Waals surface area contributed by atoms with Crippen molar-refractivity contribution in [2.24, 2.45) is 5.92 Å². The van der Waals surface area contributed by atoms with Crippen LogP contribution in [0.3, 0.4) is 0 Å². The Hall–Kier alpha value is -1.50. The molecule has 1 aliphatic heterocycles. The van der Waals surface area contributed by atoms with Crippen LogP contribution in [0.4, 0.5) is 0 Å². The molecule has 1 heterocycles. The van der Waals surface area contributed by atoms with Crippen LogP contribution in [0.15, 0.2) is 0 Å². The van der Waals surface area contributed by atoms with Gasteiger partial charge in [0.1, 0.15) is 18.0 Å². The van der Waals surface area contributed by atoms with Gasteiger partial charge in [-0.2, -0.15) is 0 Å². The number of thiocarbonyl (C=S) groups is 1. The van der Waals surface area contributed by atoms with E-state index in [4.69, 9.17) is 12.2 Å². The van der Waals surface area contributed by atoms with Gasteiger partial charge in [-0.15, -0.1) is 0 Å². The van der Waals surface area contributed by atoms with Crippen LogP contribution in [-0.4, -0.2) is 44.9 Å². The van der Waals surface area contributed by atoms with Crippen LogP contribution in [0.5, 0.6) is 0 Å². The first-order chi connectivity index (χ1) is 9.72. The normalized spacial score (nSPS) is 22.1. The van der Waals surface area contributed by atoms with E-state index in [2.05, 4.69) is 5.32 Å². The van der Waals surface area contributed by atoms with Crippen LogP contribution in [0.2, 0.25) is 0 Å². The molecule has 0 aromatic rings. The standard InChI is InChI=1S/C14H22N2O4S/c1-8(2)6-11-15-12(18)7-10(14(19)20)16(11)13(21)5-4-9(3)17/h8,10-11H,4-7H2,1-3H3,(H,15,18)(H,19,20). The first-order valence-electron chi connectivity index (χ1n) is 7.05. The molecule has 6 nitrogen and oxygen atoms in total. The zero-order chi connectivity index (χ0) is 16.2. The maximum atomic E-state index is 11.7. The Morgan fingerprint density at radius 3 is 2.52 bits per heavy atom. The molecule has 7 heteroatoms. The topological polar surface area (TPSA) is 86.7 Å². The number of amides is 1. The maximum Gasteiger partial charge on any atom is 0.326 e. The molecule has 0 aliphatic carbocycles. The number of carbonyl (C=O) groups excluding carboxylic acids is 2. The van der Waals surface area contributed by atoms with Crippen molar-refractivity contribution in [1.29, 1.82) is 0 Å². The highest BCUT2D eigenvalue weighted by molar-refractivity contribution is 7.80. The fourth-order valence-electron chi connectivity index (χ4n) is 2.39. The molecule has 0 saturated carbocycles. The third-order valence-corrected chi connectivity index (χ3v) is 3.75. The summed E-state index contributed by atoms with van der Waals surface area (Å²) in [4.78, 5) is 36.2. The summed E-state index contributed by atoms with van der Waals surface area (Å²) in [6.45, 7) is 5.46. The van der Waals surface area contributed by atoms with Crippen molar-refractivity contribution in [3.8, 4) is 0 Å². The van der Waals surface area contributed by atoms with Crippen LogP contribution in [0.1, 0.15) is 46.5 Å². The van der Waals surface area contributed by atoms with Crippen molar-refractivity contribution in [2.45, 2.75) is 58.7 Å². The number of rotatable bonds is 6. The molecule has 21 heavy (non-hydrogen) atoms. The lowest BCUT2D eigenvalue weighted by molar-refractivity contribution is -0.148. The van der Waals surface area contributed by atoms with E-state index in [1.54, 1.807) is 4.90 Å². The highest BCUT2D eigenvalue weighted by Gasteiger charge is 2.39. The quantitative estimate of drug-likeness (QED) is 0.719. The molecule has 0 aromatic carbocycles. The number of Topliss-reactive ketones (excluding diaryl/α,β-unsaturated/α-hetero) is 1. The second-order valence-electron chi connectivity index (χ2n) is 5.77. The summed E-state index contributed by atoms with van der Waals surface area (Å²) in [6, 6.07) is -0.957. The zero-order valence-electron chi connectivity index (χ0n) is 12.6. The van der Waals surface area contributed by atoms with Gasteiger partial charge in [0.15, 0.2) is 0 Å². The van der Waals surface area contributed by atoms with Crippen molar-refractivity contribution >= 4 is 34.9 Å². The third-order valence-electron chi connectivity index (χ3n) is 3.34. The van der Waals surface area contributed by atoms with Crippen molar-refractivity contribution in [2.75, 3.05) is 0 Å². The van der Waals surface area contributed by atoms with Gasteiger partial charge in [0.05, 0.1) is 11.4 Å². The number of aliphatic carboxylic acids is 1. The average Bonchev–Trinajstić information content (AvgIpc) is 2.34. The molecule has 1 fully saturated rings. The predicted molar refractivity (Wildman–Crippen MR) is 81.8 cm³/mol. The van der Waals surface area contributed by atoms with E-state index in [1.165, 1.54) is 6.92 Å². The first kappa shape index (κ1) is 17.6. The van der Waals surface area contributed by atoms with Gasteiger partial charge in [0.2, 0.25) is 5.91 Å². The summed E-state index contributed by atoms with van der Waals surface area (Å²) in [7, 11) is 0. The summed E-state index contributed by atoms with van der Waals surface area (Å²) in [6.07, 6.45) is 0.676. The van der Waals surface area contributed by atoms with Gasteiger partial charge in [0, 0.05) is 12.8 Å². The average molecular weight is 314 g/mol. The zero-order valence-corrected chi connectivity index (χ0v) is 13.4. The maximum absolute atomic E-state index is 11.7. The molecule has 0 bridgehead atoms. The number of carbonyl (C=O) groups is 3. The van der Waals surface area contributed by atoms with Gasteiger partial charge in [-0.25, -0.2) is 4.79 Å². The Morgan fingerprint density at radius 1 is 1.43 bits per heavy atom. The number of hydrogen-bond donors (Lipinski definition) is 2. The fraction of sp³-hybridized carbons (Fsp3) is 0.714. The Kier molecular flexibility index (Phi) is 6.26. The fourth-order valence-corrected chi connectivity index (χ4v) is 2.75. The second-order valence-corrected chi connectivity index (χ2v) is 6.25. The molecule has 0 aromatic heterocycles. The minimum Gasteiger partial charge on any atom is -0.480 e. The van der Waals surface area contributed by atoms with Crippen LogP contribution in [0.25, 0.3) is 0 Å². The molecule has 2 atom stereocenters. The summed E-state index contributed by atoms with van der Waals surface area (Å²) < 4.78 is 0. The monoisotopic (exact) mass is 314 g/mol. The number of carboxylic acid groups (broad SMARTS) is 1. The van der Waals surface area contributed by atoms with Gasteiger partial charge >= 0.3 is 5.97 Å². The lowest BCUT2D eigenvalue weighted by atomic mass is 10.0. The molecule has 118 valence electrons. The number of hydrogen-bond acceptors (Lipinski definition) is 4. The van der Waals surface area contributed by atoms with Gasteiger partial charge in [0.25, 0.3) is 0 Å². The highest BCUT2D eigenvalue weighted by Crippen LogP contribution is 2.22. The minimum atomic E-state index is -1.07. The molecule has 2 unspecified atom stereocenters. The van der Waals surface area contributed by atoms with Gasteiger partial charge in [-0.3, -0.25) is 4.79 Å². The molecule has 0 radical (unpaired) electrons. The molecule has 1 aliphatic rings. The van der Waals surface area contributed by atoms with Crippen molar-refractivity contribution < 1.29 is 19.5 Å². The number of nitrogens with one attached hydrogen (secondary N) is 1. The van der Waals surface area contributed by atoms with E-state index < -0.39 is 18.2 Å². The molecular weight excluding hydrogens is 292 g/mol. The van der Waals surface area contributed by atoms with E-state index in [0.29, 0.717) is 17.8 Å². The van der Waals surface area contributed by atoms with E-state index >= 15 is 0 Å². The molecule has 0 spiro atoms. The van der Waals surface area contributed by atoms with Crippen LogP contribution in [-0.2, 0) is 14.4 Å². The largest absolute Gasteiger partial charge is 0.480 e. The Morgan fingerprint density at radius 2 is 2.05 bits per heavy atom. The summed E-state index contributed by atoms with van der Waals surface area (Å²) >= 11 is 5.32. The summed E-state index contributed by atoms with van der Waals surface area (Å²) in [5.74, 6) is -1.06. The van der Waals surface area contributed by atoms with Gasteiger partial charge in [-0.1, -0.05) is 26.1 Å². The van der Waals surface area contributed by atoms with E-state index in [0.717, 1.165) is 0 Å². The third kappa shape index (κ3) is 5.08. The highest BCUT2D eigenvalue weighted by atomic mass is 32.1. The van der Waals surface area contributed by atoms with Crippen LogP contribution in [0, 0.1) is 5.92 Å². The van der Waals surface area contributed by atoms with Crippen LogP contribution < -0.4 is 5.32 Å². The van der Waals surface area contributed by atoms with E-state index in [9.17, 15) is 19.5 Å². The SMILES string of the molecule is CC(=O)CCC(=S)N1C(CC(C)C)NC(=O)CC1C(=O)O. The number of ketones is 1. The van der Waals surface area contributed by atoms with E-state index in [1.807, 2.05) is 13.8 Å². The lowest BCUT2D eigenvalue weighted by Crippen LogP contribution is -2.62. The van der Waals surface area contributed by atoms with Gasteiger partial charge < -0.3 is 20.1 Å². The molecule has 1 amide bonds. The van der Waals surface area contributed by atoms with E-state index in [-0.39, 0.29) is 30.4 Å². The van der Waals surface area contributed by atoms with Crippen molar-refractivity contribution in [1.82, 2.24) is 10.2 Å². The Bertz CT molecular complexity index is 450. The lowest BCUT2D eigenvalue weighted by Gasteiger charge is -2.42. The van der Waals surface area contributed by atoms with Gasteiger partial charge in [-0.05, 0) is 19.3 Å².